The fraction of sp³-hybridized carbons (Fsp3) is 0.353. The molecule has 6 heteroatoms. The van der Waals surface area contributed by atoms with Crippen LogP contribution in [0.4, 0.5) is 0 Å². The summed E-state index contributed by atoms with van der Waals surface area (Å²) in [6.45, 7) is 6.17. The molecule has 2 aromatic heterocycles. The van der Waals surface area contributed by atoms with Gasteiger partial charge in [-0.1, -0.05) is 24.2 Å². The molecule has 0 radical (unpaired) electrons. The molecule has 0 saturated heterocycles. The van der Waals surface area contributed by atoms with Gasteiger partial charge in [0.05, 0.1) is 18.4 Å². The Labute approximate surface area is 134 Å². The van der Waals surface area contributed by atoms with Crippen LogP contribution in [0, 0.1) is 13.8 Å². The number of ether oxygens (including phenoxy) is 1. The molecule has 23 heavy (non-hydrogen) atoms. The average Bonchev–Trinajstić information content (AvgIpc) is 3.14. The summed E-state index contributed by atoms with van der Waals surface area (Å²) in [5.74, 6) is 2.14. The fourth-order valence-electron chi connectivity index (χ4n) is 2.93. The van der Waals surface area contributed by atoms with Crippen molar-refractivity contribution in [1.29, 1.82) is 0 Å². The normalized spacial score (nSPS) is 12.3. The second-order valence-corrected chi connectivity index (χ2v) is 5.66. The molecule has 0 spiro atoms. The molecule has 3 rings (SSSR count). The Kier molecular flexibility index (Phi) is 4.14. The minimum Gasteiger partial charge on any atom is -0.496 e. The lowest BCUT2D eigenvalue weighted by atomic mass is 9.96. The highest BCUT2D eigenvalue weighted by Gasteiger charge is 2.19. The van der Waals surface area contributed by atoms with Gasteiger partial charge in [0.25, 0.3) is 0 Å². The third-order valence-corrected chi connectivity index (χ3v) is 3.97. The van der Waals surface area contributed by atoms with E-state index in [0.29, 0.717) is 18.1 Å². The maximum atomic E-state index is 5.42. The van der Waals surface area contributed by atoms with Crippen molar-refractivity contribution in [1.82, 2.24) is 20.3 Å². The number of rotatable bonds is 5. The van der Waals surface area contributed by atoms with Crippen LogP contribution in [0.3, 0.4) is 0 Å². The van der Waals surface area contributed by atoms with Crippen LogP contribution in [0.15, 0.2) is 28.8 Å². The quantitative estimate of drug-likeness (QED) is 0.781. The van der Waals surface area contributed by atoms with Gasteiger partial charge < -0.3 is 9.26 Å². The van der Waals surface area contributed by atoms with E-state index in [0.717, 1.165) is 22.7 Å². The summed E-state index contributed by atoms with van der Waals surface area (Å²) in [6.07, 6.45) is 0.670. The van der Waals surface area contributed by atoms with Gasteiger partial charge in [-0.2, -0.15) is 10.1 Å². The lowest BCUT2D eigenvalue weighted by molar-refractivity contribution is 0.371. The number of aryl methyl sites for hydroxylation is 2. The van der Waals surface area contributed by atoms with Crippen molar-refractivity contribution in [3.05, 3.63) is 47.1 Å². The number of hydrogen-bond donors (Lipinski definition) is 1. The molecular weight excluding hydrogens is 292 g/mol. The number of nitrogens with zero attached hydrogens (tertiary/aromatic N) is 3. The smallest absolute Gasteiger partial charge is 0.227 e. The number of para-hydroxylation sites is 1. The Bertz CT molecular complexity index is 787. The first-order valence-electron chi connectivity index (χ1n) is 7.57. The molecule has 1 aromatic carbocycles. The van der Waals surface area contributed by atoms with E-state index in [1.54, 1.807) is 7.11 Å². The van der Waals surface area contributed by atoms with Crippen LogP contribution in [-0.2, 0) is 6.42 Å². The van der Waals surface area contributed by atoms with E-state index in [1.807, 2.05) is 38.1 Å². The number of nitrogens with one attached hydrogen (secondary N) is 1. The number of hydrogen-bond acceptors (Lipinski definition) is 5. The summed E-state index contributed by atoms with van der Waals surface area (Å²) >= 11 is 0. The number of aromatic nitrogens is 4. The van der Waals surface area contributed by atoms with Crippen LogP contribution in [0.2, 0.25) is 0 Å². The molecule has 0 saturated carbocycles. The van der Waals surface area contributed by atoms with Gasteiger partial charge in [0.15, 0.2) is 0 Å². The van der Waals surface area contributed by atoms with Crippen molar-refractivity contribution in [2.75, 3.05) is 7.11 Å². The van der Waals surface area contributed by atoms with Gasteiger partial charge in [-0.25, -0.2) is 0 Å². The molecule has 1 N–H and O–H groups in total. The predicted molar refractivity (Wildman–Crippen MR) is 86.5 cm³/mol. The van der Waals surface area contributed by atoms with Gasteiger partial charge in [-0.3, -0.25) is 5.10 Å². The molecule has 0 unspecified atom stereocenters. The highest BCUT2D eigenvalue weighted by molar-refractivity contribution is 5.63. The maximum Gasteiger partial charge on any atom is 0.227 e. The summed E-state index contributed by atoms with van der Waals surface area (Å²) in [5.41, 5.74) is 4.13. The minimum absolute atomic E-state index is 0.250. The Morgan fingerprint density at radius 3 is 2.74 bits per heavy atom. The third kappa shape index (κ3) is 2.97. The molecule has 3 aromatic rings. The van der Waals surface area contributed by atoms with Crippen LogP contribution in [0.1, 0.15) is 35.7 Å². The lowest BCUT2D eigenvalue weighted by Gasteiger charge is -2.08. The fourth-order valence-corrected chi connectivity index (χ4v) is 2.93. The number of benzene rings is 1. The van der Waals surface area contributed by atoms with Gasteiger partial charge in [0.2, 0.25) is 11.7 Å². The van der Waals surface area contributed by atoms with Gasteiger partial charge in [-0.05, 0) is 37.5 Å². The second-order valence-electron chi connectivity index (χ2n) is 5.66. The first kappa shape index (κ1) is 15.3. The zero-order valence-electron chi connectivity index (χ0n) is 13.8. The topological polar surface area (TPSA) is 76.8 Å². The van der Waals surface area contributed by atoms with Gasteiger partial charge >= 0.3 is 0 Å². The number of H-pyrrole nitrogens is 1. The summed E-state index contributed by atoms with van der Waals surface area (Å²) in [5, 5.41) is 11.3. The van der Waals surface area contributed by atoms with E-state index in [2.05, 4.69) is 27.3 Å². The molecule has 0 aliphatic carbocycles. The Morgan fingerprint density at radius 1 is 1.26 bits per heavy atom. The van der Waals surface area contributed by atoms with E-state index >= 15 is 0 Å². The van der Waals surface area contributed by atoms with Crippen molar-refractivity contribution in [2.24, 2.45) is 0 Å². The second kappa shape index (κ2) is 6.24. The molecule has 0 bridgehead atoms. The zero-order chi connectivity index (χ0) is 16.4. The third-order valence-electron chi connectivity index (χ3n) is 3.97. The Morgan fingerprint density at radius 2 is 2.04 bits per heavy atom. The van der Waals surface area contributed by atoms with Crippen molar-refractivity contribution in [3.8, 4) is 17.1 Å². The van der Waals surface area contributed by atoms with Crippen LogP contribution < -0.4 is 4.74 Å². The van der Waals surface area contributed by atoms with Gasteiger partial charge in [0, 0.05) is 12.1 Å². The zero-order valence-corrected chi connectivity index (χ0v) is 13.8. The van der Waals surface area contributed by atoms with Crippen molar-refractivity contribution < 1.29 is 9.26 Å². The van der Waals surface area contributed by atoms with Crippen molar-refractivity contribution >= 4 is 0 Å². The maximum absolute atomic E-state index is 5.42. The van der Waals surface area contributed by atoms with Crippen molar-refractivity contribution in [2.45, 2.75) is 33.1 Å². The van der Waals surface area contributed by atoms with E-state index in [4.69, 9.17) is 9.26 Å². The summed E-state index contributed by atoms with van der Waals surface area (Å²) in [4.78, 5) is 4.51. The molecule has 1 atom stereocenters. The predicted octanol–water partition coefficient (Wildman–Crippen LogP) is 3.43. The highest BCUT2D eigenvalue weighted by Crippen LogP contribution is 2.29. The molecule has 6 nitrogen and oxygen atoms in total. The summed E-state index contributed by atoms with van der Waals surface area (Å²) in [7, 11) is 1.63. The minimum atomic E-state index is 0.250. The lowest BCUT2D eigenvalue weighted by Crippen LogP contribution is -2.01. The van der Waals surface area contributed by atoms with Crippen molar-refractivity contribution in [3.63, 3.8) is 0 Å². The first-order valence-corrected chi connectivity index (χ1v) is 7.57. The Hall–Kier alpha value is -2.63. The first-order chi connectivity index (χ1) is 11.1. The standard InChI is InChI=1S/C17H20N4O2/c1-10(16-11(2)19-20-12(16)3)9-15-18-17(21-23-15)13-7-5-6-8-14(13)22-4/h5-8,10H,9H2,1-4H3,(H,19,20)/t10-/m0/s1. The van der Waals surface area contributed by atoms with Crippen LogP contribution in [-0.4, -0.2) is 27.4 Å². The SMILES string of the molecule is COc1ccccc1-c1noc(C[C@H](C)c2c(C)n[nH]c2C)n1. The largest absolute Gasteiger partial charge is 0.496 e. The highest BCUT2D eigenvalue weighted by atomic mass is 16.5. The Balaban J connectivity index is 1.83. The van der Waals surface area contributed by atoms with E-state index in [1.165, 1.54) is 5.56 Å². The van der Waals surface area contributed by atoms with Gasteiger partial charge in [0.1, 0.15) is 5.75 Å². The summed E-state index contributed by atoms with van der Waals surface area (Å²) < 4.78 is 10.8. The van der Waals surface area contributed by atoms with Crippen LogP contribution in [0.5, 0.6) is 5.75 Å². The molecule has 0 aliphatic heterocycles. The average molecular weight is 312 g/mol. The molecular formula is C17H20N4O2. The van der Waals surface area contributed by atoms with E-state index < -0.39 is 0 Å². The van der Waals surface area contributed by atoms with E-state index in [9.17, 15) is 0 Å². The molecule has 2 heterocycles. The molecule has 0 aliphatic rings. The number of methoxy groups -OCH3 is 1. The monoisotopic (exact) mass is 312 g/mol. The number of aromatic amines is 1. The van der Waals surface area contributed by atoms with Crippen LogP contribution in [0.25, 0.3) is 11.4 Å². The van der Waals surface area contributed by atoms with E-state index in [-0.39, 0.29) is 5.92 Å². The molecule has 0 fully saturated rings. The molecule has 120 valence electrons. The summed E-state index contributed by atoms with van der Waals surface area (Å²) in [6, 6.07) is 7.64. The van der Waals surface area contributed by atoms with Gasteiger partial charge in [-0.15, -0.1) is 0 Å². The molecule has 0 amide bonds. The van der Waals surface area contributed by atoms with Crippen LogP contribution >= 0.6 is 0 Å².